The predicted molar refractivity (Wildman–Crippen MR) is 94.9 cm³/mol. The third kappa shape index (κ3) is 3.89. The van der Waals surface area contributed by atoms with Gasteiger partial charge in [0.15, 0.2) is 0 Å². The van der Waals surface area contributed by atoms with Gasteiger partial charge in [0.2, 0.25) is 0 Å². The average molecular weight is 300 g/mol. The van der Waals surface area contributed by atoms with Crippen LogP contribution in [0, 0.1) is 11.8 Å². The van der Waals surface area contributed by atoms with Crippen molar-refractivity contribution in [2.75, 3.05) is 0 Å². The highest BCUT2D eigenvalue weighted by Gasteiger charge is 2.11. The van der Waals surface area contributed by atoms with Gasteiger partial charge in [0.25, 0.3) is 0 Å². The van der Waals surface area contributed by atoms with Gasteiger partial charge in [0.05, 0.1) is 10.7 Å². The minimum Gasteiger partial charge on any atom is -0.315 e. The summed E-state index contributed by atoms with van der Waals surface area (Å²) >= 11 is 6.17. The Kier molecular flexibility index (Phi) is 5.08. The SMILES string of the molecule is C=C(Cl)c1cc(/C=C/C)cn1C1=C/C(C)/C=C\C(C)/C=C\1. The second-order valence-electron chi connectivity index (χ2n) is 5.49. The molecule has 21 heavy (non-hydrogen) atoms. The number of aromatic nitrogens is 1. The Morgan fingerprint density at radius 1 is 1.24 bits per heavy atom. The molecular weight excluding hydrogens is 278 g/mol. The number of allylic oxidation sites excluding steroid dienone is 7. The minimum atomic E-state index is 0.386. The number of hydrogen-bond donors (Lipinski definition) is 0. The Morgan fingerprint density at radius 2 is 1.95 bits per heavy atom. The van der Waals surface area contributed by atoms with Crippen molar-refractivity contribution in [3.63, 3.8) is 0 Å². The number of hydrogen-bond acceptors (Lipinski definition) is 0. The Labute approximate surface area is 132 Å². The highest BCUT2D eigenvalue weighted by atomic mass is 35.5. The molecule has 1 nitrogen and oxygen atoms in total. The Bertz CT molecular complexity index is 641. The van der Waals surface area contributed by atoms with E-state index in [1.165, 1.54) is 0 Å². The Balaban J connectivity index is 2.53. The van der Waals surface area contributed by atoms with Gasteiger partial charge >= 0.3 is 0 Å². The van der Waals surface area contributed by atoms with E-state index < -0.39 is 0 Å². The summed E-state index contributed by atoms with van der Waals surface area (Å²) in [6.45, 7) is 10.3. The zero-order valence-electron chi connectivity index (χ0n) is 12.9. The predicted octanol–water partition coefficient (Wildman–Crippen LogP) is 5.97. The zero-order valence-corrected chi connectivity index (χ0v) is 13.6. The molecule has 0 radical (unpaired) electrons. The lowest BCUT2D eigenvalue weighted by atomic mass is 10.0. The number of nitrogens with zero attached hydrogens (tertiary/aromatic N) is 1. The maximum Gasteiger partial charge on any atom is 0.0642 e. The van der Waals surface area contributed by atoms with Crippen LogP contribution < -0.4 is 0 Å². The van der Waals surface area contributed by atoms with Gasteiger partial charge in [-0.3, -0.25) is 0 Å². The van der Waals surface area contributed by atoms with Gasteiger partial charge in [-0.05, 0) is 36.5 Å². The van der Waals surface area contributed by atoms with E-state index in [0.717, 1.165) is 17.0 Å². The van der Waals surface area contributed by atoms with Crippen LogP contribution in [-0.4, -0.2) is 4.57 Å². The van der Waals surface area contributed by atoms with E-state index >= 15 is 0 Å². The van der Waals surface area contributed by atoms with Crippen molar-refractivity contribution in [2.45, 2.75) is 20.8 Å². The van der Waals surface area contributed by atoms with Crippen LogP contribution in [0.2, 0.25) is 0 Å². The molecule has 1 aliphatic rings. The van der Waals surface area contributed by atoms with Crippen molar-refractivity contribution in [1.29, 1.82) is 0 Å². The lowest BCUT2D eigenvalue weighted by Crippen LogP contribution is -2.01. The lowest BCUT2D eigenvalue weighted by Gasteiger charge is -2.14. The van der Waals surface area contributed by atoms with Gasteiger partial charge in [-0.25, -0.2) is 0 Å². The van der Waals surface area contributed by atoms with Crippen LogP contribution >= 0.6 is 11.6 Å². The molecule has 2 heteroatoms. The fourth-order valence-corrected chi connectivity index (χ4v) is 2.54. The summed E-state index contributed by atoms with van der Waals surface area (Å²) in [6.07, 6.45) is 17.3. The quantitative estimate of drug-likeness (QED) is 0.606. The van der Waals surface area contributed by atoms with Gasteiger partial charge in [-0.2, -0.15) is 0 Å². The molecule has 2 atom stereocenters. The van der Waals surface area contributed by atoms with Crippen LogP contribution in [0.15, 0.2) is 55.3 Å². The molecule has 2 rings (SSSR count). The van der Waals surface area contributed by atoms with E-state index in [9.17, 15) is 0 Å². The monoisotopic (exact) mass is 299 g/mol. The molecule has 2 unspecified atom stereocenters. The van der Waals surface area contributed by atoms with E-state index in [4.69, 9.17) is 11.6 Å². The Morgan fingerprint density at radius 3 is 2.62 bits per heavy atom. The van der Waals surface area contributed by atoms with Crippen molar-refractivity contribution in [1.82, 2.24) is 4.57 Å². The first-order valence-corrected chi connectivity index (χ1v) is 7.67. The van der Waals surface area contributed by atoms with Gasteiger partial charge in [0, 0.05) is 11.9 Å². The molecule has 1 aromatic rings. The summed E-state index contributed by atoms with van der Waals surface area (Å²) < 4.78 is 2.11. The molecule has 1 heterocycles. The van der Waals surface area contributed by atoms with Gasteiger partial charge in [0.1, 0.15) is 0 Å². The van der Waals surface area contributed by atoms with Crippen LogP contribution in [0.4, 0.5) is 0 Å². The summed E-state index contributed by atoms with van der Waals surface area (Å²) in [7, 11) is 0. The molecule has 0 saturated carbocycles. The molecule has 0 spiro atoms. The normalized spacial score (nSPS) is 27.7. The third-order valence-electron chi connectivity index (χ3n) is 3.48. The average Bonchev–Trinajstić information content (AvgIpc) is 2.84. The highest BCUT2D eigenvalue weighted by molar-refractivity contribution is 6.48. The van der Waals surface area contributed by atoms with E-state index in [1.54, 1.807) is 0 Å². The van der Waals surface area contributed by atoms with E-state index in [2.05, 4.69) is 73.7 Å². The number of halogens is 1. The van der Waals surface area contributed by atoms with Crippen molar-refractivity contribution >= 4 is 28.4 Å². The second-order valence-corrected chi connectivity index (χ2v) is 5.94. The van der Waals surface area contributed by atoms with Crippen LogP contribution in [-0.2, 0) is 0 Å². The molecule has 0 aromatic carbocycles. The fraction of sp³-hybridized carbons (Fsp3) is 0.263. The van der Waals surface area contributed by atoms with Crippen molar-refractivity contribution < 1.29 is 0 Å². The van der Waals surface area contributed by atoms with Crippen LogP contribution in [0.25, 0.3) is 16.8 Å². The molecule has 0 aliphatic heterocycles. The smallest absolute Gasteiger partial charge is 0.0642 e. The molecule has 0 N–H and O–H groups in total. The second kappa shape index (κ2) is 6.82. The van der Waals surface area contributed by atoms with Crippen LogP contribution in [0.1, 0.15) is 32.0 Å². The first-order valence-electron chi connectivity index (χ1n) is 7.30. The molecule has 0 fully saturated rings. The molecular formula is C19H22ClN. The highest BCUT2D eigenvalue weighted by Crippen LogP contribution is 2.27. The number of rotatable bonds is 3. The van der Waals surface area contributed by atoms with Gasteiger partial charge in [-0.1, -0.05) is 68.5 Å². The maximum absolute atomic E-state index is 6.17. The molecule has 1 aliphatic carbocycles. The topological polar surface area (TPSA) is 4.93 Å². The maximum atomic E-state index is 6.17. The molecule has 0 amide bonds. The summed E-state index contributed by atoms with van der Waals surface area (Å²) in [5.41, 5.74) is 3.19. The van der Waals surface area contributed by atoms with E-state index in [1.807, 2.05) is 13.0 Å². The van der Waals surface area contributed by atoms with Crippen molar-refractivity contribution in [3.05, 3.63) is 66.6 Å². The van der Waals surface area contributed by atoms with Crippen LogP contribution in [0.3, 0.4) is 0 Å². The van der Waals surface area contributed by atoms with Gasteiger partial charge < -0.3 is 4.57 Å². The largest absolute Gasteiger partial charge is 0.315 e. The first kappa shape index (κ1) is 15.7. The van der Waals surface area contributed by atoms with Gasteiger partial charge in [-0.15, -0.1) is 0 Å². The summed E-state index contributed by atoms with van der Waals surface area (Å²) in [5.74, 6) is 0.820. The summed E-state index contributed by atoms with van der Waals surface area (Å²) in [4.78, 5) is 0. The Hall–Kier alpha value is -1.73. The fourth-order valence-electron chi connectivity index (χ4n) is 2.40. The zero-order chi connectivity index (χ0) is 15.4. The van der Waals surface area contributed by atoms with Crippen molar-refractivity contribution in [2.24, 2.45) is 11.8 Å². The minimum absolute atomic E-state index is 0.386. The molecule has 0 bridgehead atoms. The molecule has 110 valence electrons. The van der Waals surface area contributed by atoms with Crippen LogP contribution in [0.5, 0.6) is 0 Å². The van der Waals surface area contributed by atoms with E-state index in [0.29, 0.717) is 16.9 Å². The standard InChI is InChI=1S/C19H22ClN/c1-5-6-17-12-19(16(4)20)21(13-17)18-10-9-14(2)7-8-15(3)11-18/h5-15H,4H2,1-3H3/b6-5+,8-7-,10-9-,18-11+. The molecule has 0 saturated heterocycles. The summed E-state index contributed by atoms with van der Waals surface area (Å²) in [6, 6.07) is 2.06. The molecule has 1 aromatic heterocycles. The summed E-state index contributed by atoms with van der Waals surface area (Å²) in [5, 5.41) is 0.554. The lowest BCUT2D eigenvalue weighted by molar-refractivity contribution is 0.867. The third-order valence-corrected chi connectivity index (χ3v) is 3.67. The van der Waals surface area contributed by atoms with E-state index in [-0.39, 0.29) is 0 Å². The first-order chi connectivity index (χ1) is 10.0. The van der Waals surface area contributed by atoms with Crippen molar-refractivity contribution in [3.8, 4) is 0 Å².